The fraction of sp³-hybridized carbons (Fsp3) is 0.333. The number of nitrogens with one attached hydrogen (secondary N) is 2. The third kappa shape index (κ3) is 5.48. The summed E-state index contributed by atoms with van der Waals surface area (Å²) in [5.74, 6) is 0.0808. The van der Waals surface area contributed by atoms with Crippen LogP contribution in [-0.4, -0.2) is 5.84 Å². The quantitative estimate of drug-likeness (QED) is 0.419. The summed E-state index contributed by atoms with van der Waals surface area (Å²) in [5.41, 5.74) is 0.835. The molecule has 1 unspecified atom stereocenters. The number of nitrogens with zero attached hydrogens (tertiary/aromatic N) is 1. The summed E-state index contributed by atoms with van der Waals surface area (Å²) in [6.45, 7) is 5.57. The Morgan fingerprint density at radius 2 is 2.07 bits per heavy atom. The van der Waals surface area contributed by atoms with E-state index in [9.17, 15) is 0 Å². The van der Waals surface area contributed by atoms with Crippen LogP contribution in [0.25, 0.3) is 0 Å². The first-order valence-electron chi connectivity index (χ1n) is 4.85. The summed E-state index contributed by atoms with van der Waals surface area (Å²) in [6.07, 6.45) is 8.87. The monoisotopic (exact) mass is 203 g/mol. The molecule has 0 aromatic heterocycles. The predicted octanol–water partition coefficient (Wildman–Crippen LogP) is 2.75. The zero-order valence-corrected chi connectivity index (χ0v) is 9.41. The number of nitriles is 1. The molecule has 0 saturated heterocycles. The molecular weight excluding hydrogens is 186 g/mol. The molecule has 0 bridgehead atoms. The topological polar surface area (TPSA) is 59.7 Å². The zero-order chi connectivity index (χ0) is 11.7. The van der Waals surface area contributed by atoms with Crippen LogP contribution in [0.5, 0.6) is 0 Å². The maximum atomic E-state index is 8.79. The largest absolute Gasteiger partial charge is 0.347 e. The van der Waals surface area contributed by atoms with Gasteiger partial charge in [-0.05, 0) is 38.6 Å². The van der Waals surface area contributed by atoms with E-state index in [-0.39, 0.29) is 11.8 Å². The van der Waals surface area contributed by atoms with Gasteiger partial charge in [-0.2, -0.15) is 5.26 Å². The molecular formula is C12H17N3. The van der Waals surface area contributed by atoms with E-state index in [0.717, 1.165) is 5.57 Å². The van der Waals surface area contributed by atoms with E-state index >= 15 is 0 Å². The van der Waals surface area contributed by atoms with Crippen LogP contribution in [0.1, 0.15) is 20.8 Å². The highest BCUT2D eigenvalue weighted by molar-refractivity contribution is 5.92. The van der Waals surface area contributed by atoms with E-state index in [1.165, 1.54) is 0 Å². The van der Waals surface area contributed by atoms with E-state index in [1.807, 2.05) is 39.0 Å². The van der Waals surface area contributed by atoms with Crippen molar-refractivity contribution in [1.29, 1.82) is 10.7 Å². The number of amidine groups is 1. The van der Waals surface area contributed by atoms with Gasteiger partial charge in [0.15, 0.2) is 0 Å². The van der Waals surface area contributed by atoms with Crippen LogP contribution in [0.3, 0.4) is 0 Å². The van der Waals surface area contributed by atoms with Crippen LogP contribution in [0.15, 0.2) is 36.1 Å². The minimum Gasteiger partial charge on any atom is -0.347 e. The van der Waals surface area contributed by atoms with Crippen molar-refractivity contribution in [2.45, 2.75) is 20.8 Å². The van der Waals surface area contributed by atoms with Gasteiger partial charge in [0.2, 0.25) is 0 Å². The molecule has 80 valence electrons. The maximum Gasteiger partial charge on any atom is 0.122 e. The Hall–Kier alpha value is -1.82. The average molecular weight is 203 g/mol. The smallest absolute Gasteiger partial charge is 0.122 e. The van der Waals surface area contributed by atoms with E-state index in [0.29, 0.717) is 0 Å². The summed E-state index contributed by atoms with van der Waals surface area (Å²) in [5, 5.41) is 19.2. The van der Waals surface area contributed by atoms with Crippen molar-refractivity contribution in [3.05, 3.63) is 36.1 Å². The predicted molar refractivity (Wildman–Crippen MR) is 63.4 cm³/mol. The van der Waals surface area contributed by atoms with E-state index < -0.39 is 0 Å². The van der Waals surface area contributed by atoms with Crippen molar-refractivity contribution in [1.82, 2.24) is 5.32 Å². The highest BCUT2D eigenvalue weighted by Crippen LogP contribution is 2.10. The van der Waals surface area contributed by atoms with Crippen LogP contribution in [-0.2, 0) is 0 Å². The molecule has 0 heterocycles. The lowest BCUT2D eigenvalue weighted by molar-refractivity contribution is 0.907. The third-order valence-electron chi connectivity index (χ3n) is 1.77. The Morgan fingerprint density at radius 1 is 1.40 bits per heavy atom. The normalized spacial score (nSPS) is 14.1. The number of hydrogen-bond acceptors (Lipinski definition) is 2. The Labute approximate surface area is 91.3 Å². The van der Waals surface area contributed by atoms with Crippen molar-refractivity contribution in [3.63, 3.8) is 0 Å². The fourth-order valence-corrected chi connectivity index (χ4v) is 0.966. The lowest BCUT2D eigenvalue weighted by Crippen LogP contribution is -2.14. The molecule has 0 aliphatic carbocycles. The summed E-state index contributed by atoms with van der Waals surface area (Å²) in [7, 11) is 0. The van der Waals surface area contributed by atoms with Gasteiger partial charge in [-0.1, -0.05) is 18.2 Å². The third-order valence-corrected chi connectivity index (χ3v) is 1.77. The minimum atomic E-state index is -0.200. The minimum absolute atomic E-state index is 0.200. The van der Waals surface area contributed by atoms with Gasteiger partial charge in [0.25, 0.3) is 0 Å². The molecule has 0 spiro atoms. The standard InChI is InChI=1S/C12H17N3/c1-4-6-11(10(3)9-13)8-12(14)15-7-5-2/h4-8,10H,1-3H3,(H2,14,15)/b6-4-,7-5-,11-8+. The van der Waals surface area contributed by atoms with E-state index in [1.54, 1.807) is 12.3 Å². The zero-order valence-electron chi connectivity index (χ0n) is 9.41. The molecule has 0 amide bonds. The van der Waals surface area contributed by atoms with Gasteiger partial charge in [0.05, 0.1) is 12.0 Å². The highest BCUT2D eigenvalue weighted by atomic mass is 14.9. The summed E-state index contributed by atoms with van der Waals surface area (Å²) in [4.78, 5) is 0. The molecule has 0 aliphatic rings. The molecule has 0 aliphatic heterocycles. The van der Waals surface area contributed by atoms with Crippen molar-refractivity contribution in [3.8, 4) is 6.07 Å². The molecule has 0 aromatic rings. The second-order valence-electron chi connectivity index (χ2n) is 3.05. The maximum absolute atomic E-state index is 8.79. The van der Waals surface area contributed by atoms with Crippen molar-refractivity contribution in [2.75, 3.05) is 0 Å². The molecule has 1 atom stereocenters. The molecule has 0 aromatic carbocycles. The first kappa shape index (κ1) is 13.2. The average Bonchev–Trinajstić information content (AvgIpc) is 2.24. The fourth-order valence-electron chi connectivity index (χ4n) is 0.966. The number of allylic oxidation sites excluding steroid dienone is 4. The van der Waals surface area contributed by atoms with Crippen LogP contribution in [0.2, 0.25) is 0 Å². The molecule has 3 nitrogen and oxygen atoms in total. The van der Waals surface area contributed by atoms with Crippen molar-refractivity contribution >= 4 is 5.84 Å². The molecule has 3 heteroatoms. The molecule has 0 rings (SSSR count). The summed E-state index contributed by atoms with van der Waals surface area (Å²) < 4.78 is 0. The van der Waals surface area contributed by atoms with Gasteiger partial charge >= 0.3 is 0 Å². The van der Waals surface area contributed by atoms with Crippen LogP contribution < -0.4 is 5.32 Å². The highest BCUT2D eigenvalue weighted by Gasteiger charge is 2.04. The molecule has 0 saturated carbocycles. The van der Waals surface area contributed by atoms with Gasteiger partial charge in [-0.25, -0.2) is 0 Å². The molecule has 0 radical (unpaired) electrons. The SMILES string of the molecule is C/C=C\NC(=N)/C=C(\C=C/C)C(C)C#N. The van der Waals surface area contributed by atoms with Crippen LogP contribution >= 0.6 is 0 Å². The first-order chi connectivity index (χ1) is 7.15. The Kier molecular flexibility index (Phi) is 6.65. The van der Waals surface area contributed by atoms with Gasteiger partial charge in [0, 0.05) is 0 Å². The van der Waals surface area contributed by atoms with Crippen molar-refractivity contribution in [2.24, 2.45) is 5.92 Å². The number of rotatable bonds is 4. The lowest BCUT2D eigenvalue weighted by Gasteiger charge is -2.04. The molecule has 15 heavy (non-hydrogen) atoms. The Morgan fingerprint density at radius 3 is 2.53 bits per heavy atom. The van der Waals surface area contributed by atoms with Gasteiger partial charge in [-0.3, -0.25) is 5.41 Å². The summed E-state index contributed by atoms with van der Waals surface area (Å²) >= 11 is 0. The van der Waals surface area contributed by atoms with Gasteiger partial charge in [-0.15, -0.1) is 0 Å². The van der Waals surface area contributed by atoms with E-state index in [4.69, 9.17) is 10.7 Å². The van der Waals surface area contributed by atoms with Crippen molar-refractivity contribution < 1.29 is 0 Å². The lowest BCUT2D eigenvalue weighted by atomic mass is 10.0. The van der Waals surface area contributed by atoms with Crippen LogP contribution in [0.4, 0.5) is 0 Å². The van der Waals surface area contributed by atoms with Gasteiger partial charge < -0.3 is 5.32 Å². The molecule has 0 fully saturated rings. The first-order valence-corrected chi connectivity index (χ1v) is 4.85. The number of hydrogen-bond donors (Lipinski definition) is 2. The second kappa shape index (κ2) is 7.57. The Bertz CT molecular complexity index is 329. The summed E-state index contributed by atoms with van der Waals surface area (Å²) in [6, 6.07) is 2.15. The molecule has 2 N–H and O–H groups in total. The van der Waals surface area contributed by atoms with Gasteiger partial charge in [0.1, 0.15) is 5.84 Å². The Balaban J connectivity index is 4.69. The second-order valence-corrected chi connectivity index (χ2v) is 3.05. The van der Waals surface area contributed by atoms with Crippen LogP contribution in [0, 0.1) is 22.7 Å². The van der Waals surface area contributed by atoms with E-state index in [2.05, 4.69) is 11.4 Å².